The Bertz CT molecular complexity index is 497. The van der Waals surface area contributed by atoms with E-state index in [0.29, 0.717) is 0 Å². The third-order valence-electron chi connectivity index (χ3n) is 2.25. The van der Waals surface area contributed by atoms with Gasteiger partial charge >= 0.3 is 0 Å². The van der Waals surface area contributed by atoms with Crippen LogP contribution in [0.1, 0.15) is 16.8 Å². The van der Waals surface area contributed by atoms with Gasteiger partial charge in [-0.05, 0) is 36.0 Å². The van der Waals surface area contributed by atoms with Gasteiger partial charge in [0.25, 0.3) is 0 Å². The molecule has 7 heteroatoms. The highest BCUT2D eigenvalue weighted by atomic mass is 79.9. The first kappa shape index (κ1) is 13.9. The maximum atomic E-state index is 4.18. The van der Waals surface area contributed by atoms with Gasteiger partial charge in [0.1, 0.15) is 5.01 Å². The number of thiophene rings is 1. The minimum atomic E-state index is 0.832. The van der Waals surface area contributed by atoms with Crippen molar-refractivity contribution in [2.45, 2.75) is 20.0 Å². The van der Waals surface area contributed by atoms with Crippen LogP contribution in [0, 0.1) is 0 Å². The molecule has 18 heavy (non-hydrogen) atoms. The van der Waals surface area contributed by atoms with E-state index >= 15 is 0 Å². The van der Waals surface area contributed by atoms with Crippen LogP contribution in [0.5, 0.6) is 0 Å². The summed E-state index contributed by atoms with van der Waals surface area (Å²) in [5.74, 6) is 0. The predicted octanol–water partition coefficient (Wildman–Crippen LogP) is 3.43. The van der Waals surface area contributed by atoms with E-state index in [9.17, 15) is 0 Å². The molecule has 4 nitrogen and oxygen atoms in total. The van der Waals surface area contributed by atoms with Crippen molar-refractivity contribution in [1.29, 1.82) is 0 Å². The molecule has 0 aliphatic rings. The molecule has 98 valence electrons. The Morgan fingerprint density at radius 1 is 1.39 bits per heavy atom. The van der Waals surface area contributed by atoms with E-state index < -0.39 is 0 Å². The Labute approximate surface area is 123 Å². The number of hydrogen-bond acceptors (Lipinski definition) is 6. The summed E-state index contributed by atoms with van der Waals surface area (Å²) in [4.78, 5) is 3.59. The number of hydrogen-bond donors (Lipinski definition) is 1. The maximum absolute atomic E-state index is 4.18. The van der Waals surface area contributed by atoms with Crippen molar-refractivity contribution in [2.75, 3.05) is 18.9 Å². The maximum Gasteiger partial charge on any atom is 0.205 e. The number of nitrogens with zero attached hydrogens (tertiary/aromatic N) is 3. The van der Waals surface area contributed by atoms with Gasteiger partial charge in [-0.2, -0.15) is 0 Å². The summed E-state index contributed by atoms with van der Waals surface area (Å²) in [5.41, 5.74) is 0. The zero-order chi connectivity index (χ0) is 13.0. The van der Waals surface area contributed by atoms with Gasteiger partial charge < -0.3 is 5.32 Å². The highest BCUT2D eigenvalue weighted by Gasteiger charge is 2.08. The number of rotatable bonds is 6. The second kappa shape index (κ2) is 6.60. The van der Waals surface area contributed by atoms with Gasteiger partial charge in [-0.3, -0.25) is 4.90 Å². The van der Waals surface area contributed by atoms with E-state index in [4.69, 9.17) is 0 Å². The third-order valence-corrected chi connectivity index (χ3v) is 4.80. The molecular weight excluding hydrogens is 332 g/mol. The second-order valence-corrected chi connectivity index (χ2v) is 6.91. The summed E-state index contributed by atoms with van der Waals surface area (Å²) < 4.78 is 1.15. The van der Waals surface area contributed by atoms with E-state index in [-0.39, 0.29) is 0 Å². The van der Waals surface area contributed by atoms with Crippen LogP contribution >= 0.6 is 38.6 Å². The average molecular weight is 347 g/mol. The lowest BCUT2D eigenvalue weighted by Crippen LogP contribution is -2.16. The molecule has 0 spiro atoms. The molecule has 0 aromatic carbocycles. The lowest BCUT2D eigenvalue weighted by Gasteiger charge is -2.12. The van der Waals surface area contributed by atoms with Crippen molar-refractivity contribution < 1.29 is 0 Å². The van der Waals surface area contributed by atoms with Crippen LogP contribution in [0.2, 0.25) is 0 Å². The topological polar surface area (TPSA) is 41.1 Å². The quantitative estimate of drug-likeness (QED) is 0.869. The summed E-state index contributed by atoms with van der Waals surface area (Å²) in [7, 11) is 2.10. The van der Waals surface area contributed by atoms with Crippen molar-refractivity contribution >= 4 is 43.7 Å². The van der Waals surface area contributed by atoms with Crippen LogP contribution in [0.25, 0.3) is 0 Å². The Hall–Kier alpha value is -0.500. The van der Waals surface area contributed by atoms with Gasteiger partial charge in [-0.25, -0.2) is 0 Å². The van der Waals surface area contributed by atoms with Gasteiger partial charge in [0.05, 0.1) is 6.54 Å². The summed E-state index contributed by atoms with van der Waals surface area (Å²) in [5, 5.41) is 15.5. The molecule has 2 heterocycles. The summed E-state index contributed by atoms with van der Waals surface area (Å²) in [6.45, 7) is 4.71. The van der Waals surface area contributed by atoms with E-state index in [1.54, 1.807) is 22.7 Å². The summed E-state index contributed by atoms with van der Waals surface area (Å²) in [6.07, 6.45) is 0. The van der Waals surface area contributed by atoms with Gasteiger partial charge in [0.15, 0.2) is 0 Å². The van der Waals surface area contributed by atoms with Crippen molar-refractivity contribution in [2.24, 2.45) is 0 Å². The normalized spacial score (nSPS) is 11.1. The Kier molecular flexibility index (Phi) is 5.11. The molecule has 2 aromatic rings. The standard InChI is InChI=1S/C11H15BrN4S2/c1-3-13-11-15-14-10(18-11)6-16(2)5-9-4-8(12)7-17-9/h4,7H,3,5-6H2,1-2H3,(H,13,15). The van der Waals surface area contributed by atoms with Crippen molar-refractivity contribution in [1.82, 2.24) is 15.1 Å². The van der Waals surface area contributed by atoms with Gasteiger partial charge in [0.2, 0.25) is 5.13 Å². The highest BCUT2D eigenvalue weighted by Crippen LogP contribution is 2.22. The lowest BCUT2D eigenvalue weighted by molar-refractivity contribution is 0.320. The Morgan fingerprint density at radius 3 is 2.89 bits per heavy atom. The molecule has 0 fully saturated rings. The molecule has 1 N–H and O–H groups in total. The van der Waals surface area contributed by atoms with Crippen LogP contribution in [-0.4, -0.2) is 28.7 Å². The fraction of sp³-hybridized carbons (Fsp3) is 0.455. The number of anilines is 1. The first-order valence-corrected chi connectivity index (χ1v) is 8.14. The smallest absolute Gasteiger partial charge is 0.205 e. The van der Waals surface area contributed by atoms with Crippen molar-refractivity contribution in [3.05, 3.63) is 25.8 Å². The zero-order valence-corrected chi connectivity index (χ0v) is 13.5. The van der Waals surface area contributed by atoms with E-state index in [1.807, 2.05) is 0 Å². The molecule has 2 rings (SSSR count). The summed E-state index contributed by atoms with van der Waals surface area (Å²) in [6, 6.07) is 2.16. The van der Waals surface area contributed by atoms with Crippen LogP contribution in [0.4, 0.5) is 5.13 Å². The van der Waals surface area contributed by atoms with Gasteiger partial charge in [-0.15, -0.1) is 21.5 Å². The lowest BCUT2D eigenvalue weighted by atomic mass is 10.4. The minimum Gasteiger partial charge on any atom is -0.360 e. The Morgan fingerprint density at radius 2 is 2.22 bits per heavy atom. The third kappa shape index (κ3) is 4.01. The molecule has 0 aliphatic heterocycles. The molecule has 0 atom stereocenters. The molecular formula is C11H15BrN4S2. The zero-order valence-electron chi connectivity index (χ0n) is 10.3. The average Bonchev–Trinajstić information content (AvgIpc) is 2.89. The number of halogens is 1. The molecule has 0 aliphatic carbocycles. The first-order valence-electron chi connectivity index (χ1n) is 5.65. The number of nitrogens with one attached hydrogen (secondary N) is 1. The second-order valence-electron chi connectivity index (χ2n) is 3.93. The largest absolute Gasteiger partial charge is 0.360 e. The fourth-order valence-corrected chi connectivity index (χ4v) is 3.95. The van der Waals surface area contributed by atoms with E-state index in [2.05, 4.69) is 61.8 Å². The SMILES string of the molecule is CCNc1nnc(CN(C)Cc2cc(Br)cs2)s1. The molecule has 0 saturated carbocycles. The Balaban J connectivity index is 1.88. The molecule has 0 bridgehead atoms. The van der Waals surface area contributed by atoms with Crippen LogP contribution in [-0.2, 0) is 13.1 Å². The van der Waals surface area contributed by atoms with E-state index in [0.717, 1.165) is 34.2 Å². The first-order chi connectivity index (χ1) is 8.67. The van der Waals surface area contributed by atoms with Crippen molar-refractivity contribution in [3.8, 4) is 0 Å². The minimum absolute atomic E-state index is 0.832. The fourth-order valence-electron chi connectivity index (χ4n) is 1.53. The monoisotopic (exact) mass is 346 g/mol. The van der Waals surface area contributed by atoms with Crippen LogP contribution in [0.15, 0.2) is 15.9 Å². The molecule has 0 radical (unpaired) electrons. The van der Waals surface area contributed by atoms with Crippen LogP contribution < -0.4 is 5.32 Å². The summed E-state index contributed by atoms with van der Waals surface area (Å²) >= 11 is 6.86. The van der Waals surface area contributed by atoms with Crippen molar-refractivity contribution in [3.63, 3.8) is 0 Å². The van der Waals surface area contributed by atoms with Gasteiger partial charge in [-0.1, -0.05) is 11.3 Å². The number of aromatic nitrogens is 2. The van der Waals surface area contributed by atoms with Gasteiger partial charge in [0, 0.05) is 27.8 Å². The molecule has 0 saturated heterocycles. The highest BCUT2D eigenvalue weighted by molar-refractivity contribution is 9.10. The molecule has 2 aromatic heterocycles. The predicted molar refractivity (Wildman–Crippen MR) is 81.3 cm³/mol. The molecule has 0 unspecified atom stereocenters. The van der Waals surface area contributed by atoms with E-state index in [1.165, 1.54) is 4.88 Å². The molecule has 0 amide bonds. The van der Waals surface area contributed by atoms with Crippen LogP contribution in [0.3, 0.4) is 0 Å².